The van der Waals surface area contributed by atoms with Gasteiger partial charge in [-0.2, -0.15) is 0 Å². The van der Waals surface area contributed by atoms with Crippen molar-refractivity contribution in [3.63, 3.8) is 0 Å². The third kappa shape index (κ3) is 4.12. The number of pyridine rings is 1. The first-order chi connectivity index (χ1) is 14.2. The van der Waals surface area contributed by atoms with Gasteiger partial charge in [-0.1, -0.05) is 30.0 Å². The van der Waals surface area contributed by atoms with Crippen molar-refractivity contribution in [2.24, 2.45) is 0 Å². The van der Waals surface area contributed by atoms with Crippen molar-refractivity contribution in [2.75, 3.05) is 36.8 Å². The topological polar surface area (TPSA) is 71.3 Å². The lowest BCUT2D eigenvalue weighted by atomic mass is 10.3. The quantitative estimate of drug-likeness (QED) is 0.602. The molecule has 0 aliphatic carbocycles. The molecular weight excluding hydrogens is 386 g/mol. The van der Waals surface area contributed by atoms with Crippen molar-refractivity contribution in [3.8, 4) is 0 Å². The Morgan fingerprint density at radius 1 is 1.07 bits per heavy atom. The Morgan fingerprint density at radius 3 is 2.55 bits per heavy atom. The number of benzene rings is 1. The zero-order valence-corrected chi connectivity index (χ0v) is 17.1. The highest BCUT2D eigenvalue weighted by atomic mass is 32.2. The van der Waals surface area contributed by atoms with Gasteiger partial charge < -0.3 is 14.4 Å². The first-order valence-corrected chi connectivity index (χ1v) is 10.7. The van der Waals surface area contributed by atoms with Gasteiger partial charge in [0.25, 0.3) is 5.56 Å². The standard InChI is InChI=1S/C21H23N5O2S/c1-2-26-17-8-4-3-7-16(17)23-20(21(26)28)29-15-19(27)25-13-11-24(12-14-25)18-9-5-6-10-22-18/h3-10H,2,11-15H2,1H3. The molecule has 8 heteroatoms. The van der Waals surface area contributed by atoms with Crippen LogP contribution in [0.3, 0.4) is 0 Å². The van der Waals surface area contributed by atoms with Gasteiger partial charge in [-0.05, 0) is 31.2 Å². The van der Waals surface area contributed by atoms with E-state index in [1.807, 2.05) is 54.3 Å². The minimum absolute atomic E-state index is 0.0353. The fourth-order valence-corrected chi connectivity index (χ4v) is 4.36. The predicted octanol–water partition coefficient (Wildman–Crippen LogP) is 2.25. The van der Waals surface area contributed by atoms with Crippen LogP contribution in [-0.4, -0.2) is 57.3 Å². The van der Waals surface area contributed by atoms with Crippen LogP contribution in [0.25, 0.3) is 11.0 Å². The summed E-state index contributed by atoms with van der Waals surface area (Å²) in [7, 11) is 0. The van der Waals surface area contributed by atoms with E-state index in [0.717, 1.165) is 29.9 Å². The average molecular weight is 410 g/mol. The number of hydrogen-bond acceptors (Lipinski definition) is 6. The molecule has 4 rings (SSSR count). The number of anilines is 1. The molecule has 0 spiro atoms. The fourth-order valence-electron chi connectivity index (χ4n) is 3.52. The van der Waals surface area contributed by atoms with Crippen molar-refractivity contribution < 1.29 is 4.79 Å². The van der Waals surface area contributed by atoms with Crippen LogP contribution >= 0.6 is 11.8 Å². The molecule has 3 aromatic rings. The van der Waals surface area contributed by atoms with Crippen molar-refractivity contribution in [2.45, 2.75) is 18.5 Å². The highest BCUT2D eigenvalue weighted by Crippen LogP contribution is 2.18. The molecule has 0 radical (unpaired) electrons. The van der Waals surface area contributed by atoms with E-state index in [1.165, 1.54) is 11.8 Å². The number of rotatable bonds is 5. The molecule has 7 nitrogen and oxygen atoms in total. The van der Waals surface area contributed by atoms with E-state index in [0.29, 0.717) is 24.7 Å². The van der Waals surface area contributed by atoms with E-state index >= 15 is 0 Å². The molecule has 0 unspecified atom stereocenters. The van der Waals surface area contributed by atoms with E-state index in [1.54, 1.807) is 10.8 Å². The molecular formula is C21H23N5O2S. The van der Waals surface area contributed by atoms with Crippen LogP contribution in [0.5, 0.6) is 0 Å². The second kappa shape index (κ2) is 8.65. The first-order valence-electron chi connectivity index (χ1n) is 9.73. The van der Waals surface area contributed by atoms with Gasteiger partial charge in [0.1, 0.15) is 5.82 Å². The summed E-state index contributed by atoms with van der Waals surface area (Å²) in [6.07, 6.45) is 1.78. The number of carbonyl (C=O) groups excluding carboxylic acids is 1. The zero-order chi connectivity index (χ0) is 20.2. The third-order valence-corrected chi connectivity index (χ3v) is 6.01. The molecule has 0 saturated carbocycles. The summed E-state index contributed by atoms with van der Waals surface area (Å²) < 4.78 is 1.71. The number of carbonyl (C=O) groups is 1. The molecule has 1 saturated heterocycles. The van der Waals surface area contributed by atoms with Crippen molar-refractivity contribution in [1.29, 1.82) is 0 Å². The lowest BCUT2D eigenvalue weighted by Crippen LogP contribution is -2.49. The molecule has 1 fully saturated rings. The van der Waals surface area contributed by atoms with Crippen LogP contribution in [0.15, 0.2) is 58.5 Å². The Bertz CT molecular complexity index is 1060. The number of piperazine rings is 1. The molecule has 1 aliphatic rings. The molecule has 2 aromatic heterocycles. The number of hydrogen-bond donors (Lipinski definition) is 0. The van der Waals surface area contributed by atoms with Gasteiger partial charge >= 0.3 is 0 Å². The summed E-state index contributed by atoms with van der Waals surface area (Å²) in [4.78, 5) is 38.3. The first kappa shape index (κ1) is 19.4. The van der Waals surface area contributed by atoms with Gasteiger partial charge in [0.2, 0.25) is 5.91 Å². The number of para-hydroxylation sites is 2. The van der Waals surface area contributed by atoms with Crippen LogP contribution < -0.4 is 10.5 Å². The highest BCUT2D eigenvalue weighted by molar-refractivity contribution is 7.99. The van der Waals surface area contributed by atoms with Gasteiger partial charge in [0.15, 0.2) is 5.03 Å². The Labute approximate surface area is 173 Å². The number of aryl methyl sites for hydroxylation is 1. The summed E-state index contributed by atoms with van der Waals surface area (Å²) >= 11 is 1.23. The third-order valence-electron chi connectivity index (χ3n) is 5.08. The number of aromatic nitrogens is 3. The van der Waals surface area contributed by atoms with Crippen LogP contribution in [0.1, 0.15) is 6.92 Å². The summed E-state index contributed by atoms with van der Waals surface area (Å²) in [6, 6.07) is 13.4. The Kier molecular flexibility index (Phi) is 5.80. The molecule has 150 valence electrons. The Hall–Kier alpha value is -2.87. The second-order valence-electron chi connectivity index (χ2n) is 6.80. The minimum atomic E-state index is -0.135. The SMILES string of the molecule is CCn1c(=O)c(SCC(=O)N2CCN(c3ccccn3)CC2)nc2ccccc21. The van der Waals surface area contributed by atoms with Crippen molar-refractivity contribution in [3.05, 3.63) is 59.0 Å². The number of fused-ring (bicyclic) bond motifs is 1. The van der Waals surface area contributed by atoms with E-state index in [-0.39, 0.29) is 17.2 Å². The van der Waals surface area contributed by atoms with E-state index in [2.05, 4.69) is 14.9 Å². The lowest BCUT2D eigenvalue weighted by molar-refractivity contribution is -0.128. The molecule has 1 amide bonds. The van der Waals surface area contributed by atoms with E-state index in [4.69, 9.17) is 0 Å². The van der Waals surface area contributed by atoms with Crippen LogP contribution in [0.4, 0.5) is 5.82 Å². The van der Waals surface area contributed by atoms with Crippen LogP contribution in [0.2, 0.25) is 0 Å². The van der Waals surface area contributed by atoms with Crippen molar-refractivity contribution >= 4 is 34.5 Å². The molecule has 1 aliphatic heterocycles. The monoisotopic (exact) mass is 409 g/mol. The van der Waals surface area contributed by atoms with Gasteiger partial charge in [0, 0.05) is 38.9 Å². The predicted molar refractivity (Wildman–Crippen MR) is 115 cm³/mol. The van der Waals surface area contributed by atoms with Crippen molar-refractivity contribution in [1.82, 2.24) is 19.4 Å². The molecule has 29 heavy (non-hydrogen) atoms. The summed E-state index contributed by atoms with van der Waals surface area (Å²) in [5.74, 6) is 1.19. The summed E-state index contributed by atoms with van der Waals surface area (Å²) in [6.45, 7) is 5.32. The number of thioether (sulfide) groups is 1. The minimum Gasteiger partial charge on any atom is -0.353 e. The summed E-state index contributed by atoms with van der Waals surface area (Å²) in [5.41, 5.74) is 1.46. The maximum absolute atomic E-state index is 12.7. The Morgan fingerprint density at radius 2 is 1.83 bits per heavy atom. The van der Waals surface area contributed by atoms with Gasteiger partial charge in [0.05, 0.1) is 16.8 Å². The molecule has 0 atom stereocenters. The van der Waals surface area contributed by atoms with Gasteiger partial charge in [-0.3, -0.25) is 9.59 Å². The van der Waals surface area contributed by atoms with Crippen LogP contribution in [-0.2, 0) is 11.3 Å². The lowest BCUT2D eigenvalue weighted by Gasteiger charge is -2.35. The van der Waals surface area contributed by atoms with Crippen LogP contribution in [0, 0.1) is 0 Å². The molecule has 1 aromatic carbocycles. The maximum atomic E-state index is 12.7. The smallest absolute Gasteiger partial charge is 0.283 e. The molecule has 0 bridgehead atoms. The second-order valence-corrected chi connectivity index (χ2v) is 7.76. The average Bonchev–Trinajstić information content (AvgIpc) is 2.78. The highest BCUT2D eigenvalue weighted by Gasteiger charge is 2.22. The van der Waals surface area contributed by atoms with E-state index < -0.39 is 0 Å². The maximum Gasteiger partial charge on any atom is 0.283 e. The number of amides is 1. The van der Waals surface area contributed by atoms with Gasteiger partial charge in [-0.25, -0.2) is 9.97 Å². The normalized spacial score (nSPS) is 14.4. The molecule has 3 heterocycles. The fraction of sp³-hybridized carbons (Fsp3) is 0.333. The van der Waals surface area contributed by atoms with E-state index in [9.17, 15) is 9.59 Å². The van der Waals surface area contributed by atoms with Gasteiger partial charge in [-0.15, -0.1) is 0 Å². The summed E-state index contributed by atoms with van der Waals surface area (Å²) in [5, 5.41) is 0.381. The largest absolute Gasteiger partial charge is 0.353 e. The Balaban J connectivity index is 1.40. The number of nitrogens with zero attached hydrogens (tertiary/aromatic N) is 5. The zero-order valence-electron chi connectivity index (χ0n) is 16.3. The molecule has 0 N–H and O–H groups in total.